The lowest BCUT2D eigenvalue weighted by molar-refractivity contribution is 0.0697. The maximum Gasteiger partial charge on any atom is 0.397 e. The van der Waals surface area contributed by atoms with Crippen LogP contribution in [-0.4, -0.2) is 57.8 Å². The van der Waals surface area contributed by atoms with E-state index in [1.54, 1.807) is 13.0 Å². The van der Waals surface area contributed by atoms with Crippen LogP contribution in [0.15, 0.2) is 78.1 Å². The molecule has 0 saturated carbocycles. The van der Waals surface area contributed by atoms with Gasteiger partial charge >= 0.3 is 16.4 Å². The second-order valence-electron chi connectivity index (χ2n) is 8.26. The largest absolute Gasteiger partial charge is 0.478 e. The van der Waals surface area contributed by atoms with Crippen LogP contribution in [0.25, 0.3) is 0 Å². The number of aromatic carboxylic acids is 1. The van der Waals surface area contributed by atoms with Crippen LogP contribution in [0.4, 0.5) is 11.4 Å². The average molecular weight is 645 g/mol. The second kappa shape index (κ2) is 12.3. The van der Waals surface area contributed by atoms with Crippen LogP contribution in [-0.2, 0) is 34.5 Å². The van der Waals surface area contributed by atoms with E-state index in [4.69, 9.17) is 4.55 Å². The number of hydrogen-bond donors (Lipinski definition) is 5. The molecule has 0 unspecified atom stereocenters. The minimum Gasteiger partial charge on any atom is -0.478 e. The first-order chi connectivity index (χ1) is 19.4. The molecule has 42 heavy (non-hydrogen) atoms. The molecule has 5 N–H and O–H groups in total. The highest BCUT2D eigenvalue weighted by Gasteiger charge is 2.23. The molecule has 0 aliphatic carbocycles. The van der Waals surface area contributed by atoms with Gasteiger partial charge in [-0.2, -0.15) is 27.0 Å². The fourth-order valence-corrected chi connectivity index (χ4v) is 5.53. The molecule has 3 aromatic rings. The van der Waals surface area contributed by atoms with Gasteiger partial charge in [-0.25, -0.2) is 17.4 Å². The number of carboxylic acids is 1. The Kier molecular flexibility index (Phi) is 9.39. The molecule has 224 valence electrons. The molecule has 0 amide bonds. The number of hydrogen-bond acceptors (Lipinski definition) is 14. The van der Waals surface area contributed by atoms with Crippen LogP contribution in [0.1, 0.15) is 15.9 Å². The number of nitrogens with one attached hydrogen (secondary N) is 2. The van der Waals surface area contributed by atoms with E-state index < -0.39 is 80.4 Å². The Morgan fingerprint density at radius 3 is 2.14 bits per heavy atom. The van der Waals surface area contributed by atoms with Gasteiger partial charge in [0.05, 0.1) is 34.2 Å². The summed E-state index contributed by atoms with van der Waals surface area (Å²) in [5.41, 5.74) is 2.52. The van der Waals surface area contributed by atoms with E-state index in [0.29, 0.717) is 11.6 Å². The molecule has 0 heterocycles. The van der Waals surface area contributed by atoms with E-state index in [1.807, 2.05) is 0 Å². The summed E-state index contributed by atoms with van der Waals surface area (Å²) < 4.78 is 92.2. The van der Waals surface area contributed by atoms with Crippen LogP contribution in [0.5, 0.6) is 0 Å². The number of nitrogens with zero attached hydrogens (tertiary/aromatic N) is 2. The van der Waals surface area contributed by atoms with Gasteiger partial charge in [0.25, 0.3) is 10.1 Å². The topological polar surface area (TPSA) is 272 Å². The van der Waals surface area contributed by atoms with Gasteiger partial charge in [0.1, 0.15) is 10.3 Å². The molecule has 17 nitrogen and oxygen atoms in total. The number of benzene rings is 3. The molecule has 20 heteroatoms. The molecular weight excluding hydrogens is 624 g/mol. The van der Waals surface area contributed by atoms with Gasteiger partial charge in [-0.15, -0.1) is 0 Å². The van der Waals surface area contributed by atoms with Crippen molar-refractivity contribution in [3.63, 3.8) is 0 Å². The minimum absolute atomic E-state index is 0.0349. The summed E-state index contributed by atoms with van der Waals surface area (Å²) >= 11 is 0. The van der Waals surface area contributed by atoms with Crippen LogP contribution in [0.2, 0.25) is 0 Å². The van der Waals surface area contributed by atoms with Gasteiger partial charge in [-0.3, -0.25) is 29.5 Å². The van der Waals surface area contributed by atoms with Gasteiger partial charge in [0.2, 0.25) is 10.9 Å². The van der Waals surface area contributed by atoms with Gasteiger partial charge in [-0.1, -0.05) is 11.6 Å². The first kappa shape index (κ1) is 32.2. The van der Waals surface area contributed by atoms with E-state index in [-0.39, 0.29) is 16.6 Å². The maximum absolute atomic E-state index is 12.8. The molecule has 0 atom stereocenters. The summed E-state index contributed by atoms with van der Waals surface area (Å²) in [6.07, 6.45) is 0. The number of anilines is 2. The third-order valence-corrected chi connectivity index (χ3v) is 8.27. The van der Waals surface area contributed by atoms with E-state index in [0.717, 1.165) is 24.3 Å². The molecular formula is C22H20N4O13S3. The zero-order valence-electron chi connectivity index (χ0n) is 21.1. The van der Waals surface area contributed by atoms with Crippen molar-refractivity contribution >= 4 is 47.7 Å². The zero-order valence-corrected chi connectivity index (χ0v) is 23.5. The maximum atomic E-state index is 12.8. The lowest BCUT2D eigenvalue weighted by Crippen LogP contribution is -2.48. The number of carbonyl (C=O) groups is 1. The fraction of sp³-hybridized carbons (Fsp3) is 0.136. The summed E-state index contributed by atoms with van der Waals surface area (Å²) in [6.45, 7) is 0.660. The molecule has 0 saturated heterocycles. The Bertz CT molecular complexity index is 2120. The van der Waals surface area contributed by atoms with Crippen molar-refractivity contribution in [3.8, 4) is 0 Å². The minimum atomic E-state index is -5.13. The number of carboxylic acid groups (broad SMARTS) is 1. The lowest BCUT2D eigenvalue weighted by atomic mass is 10.1. The summed E-state index contributed by atoms with van der Waals surface area (Å²) in [5.74, 6) is -2.28. The highest BCUT2D eigenvalue weighted by molar-refractivity contribution is 7.91. The third kappa shape index (κ3) is 8.11. The van der Waals surface area contributed by atoms with Crippen molar-refractivity contribution in [1.82, 2.24) is 0 Å². The molecule has 0 aromatic heterocycles. The Morgan fingerprint density at radius 1 is 0.881 bits per heavy atom. The van der Waals surface area contributed by atoms with Crippen LogP contribution < -0.4 is 32.4 Å². The van der Waals surface area contributed by atoms with Crippen molar-refractivity contribution in [2.75, 3.05) is 23.2 Å². The predicted octanol–water partition coefficient (Wildman–Crippen LogP) is -1.02. The highest BCUT2D eigenvalue weighted by atomic mass is 32.3. The number of rotatable bonds is 11. The zero-order chi connectivity index (χ0) is 31.5. The molecule has 0 aliphatic rings. The summed E-state index contributed by atoms with van der Waals surface area (Å²) in [7, 11) is -14.5. The SMILES string of the molecule is Cc1ccc(NN=c2ccc(=O)c(=NNc3ccc(S(=O)(=O)CCOS(=O)(=O)O)cc3S(=O)(=O)O)c2=O)c(C(=O)O)c1. The normalized spacial score (nSPS) is 13.2. The first-order valence-electron chi connectivity index (χ1n) is 11.1. The molecule has 0 radical (unpaired) electrons. The third-order valence-electron chi connectivity index (χ3n) is 5.24. The molecule has 0 fully saturated rings. The predicted molar refractivity (Wildman–Crippen MR) is 144 cm³/mol. The van der Waals surface area contributed by atoms with Crippen molar-refractivity contribution in [1.29, 1.82) is 0 Å². The van der Waals surface area contributed by atoms with Crippen molar-refractivity contribution in [3.05, 3.63) is 90.8 Å². The second-order valence-corrected chi connectivity index (χ2v) is 12.9. The molecule has 0 spiro atoms. The Labute approximate surface area is 236 Å². The van der Waals surface area contributed by atoms with Gasteiger partial charge in [0.15, 0.2) is 15.2 Å². The fourth-order valence-electron chi connectivity index (χ4n) is 3.27. The van der Waals surface area contributed by atoms with Crippen LogP contribution in [0.3, 0.4) is 0 Å². The Hall–Kier alpha value is -4.34. The molecule has 0 aliphatic heterocycles. The number of sulfone groups is 1. The Balaban J connectivity index is 2.01. The van der Waals surface area contributed by atoms with Gasteiger partial charge in [-0.05, 0) is 49.4 Å². The average Bonchev–Trinajstić information content (AvgIpc) is 2.87. The van der Waals surface area contributed by atoms with Crippen molar-refractivity contribution in [2.45, 2.75) is 16.7 Å². The quantitative estimate of drug-likeness (QED) is 0.123. The lowest BCUT2D eigenvalue weighted by Gasteiger charge is -2.10. The standard InChI is InChI=1S/C22H20N4O13S3/c1-12-2-4-15(14(10-12)22(29)30)23-25-17-6-7-18(27)20(21(17)28)26-24-16-5-3-13(11-19(16)41(33,34)35)40(31,32)9-8-39-42(36,37)38/h2-7,10-11,23-24H,8-9H2,1H3,(H,29,30)(H,33,34,35)(H,36,37,38). The Morgan fingerprint density at radius 2 is 1.52 bits per heavy atom. The van der Waals surface area contributed by atoms with E-state index in [9.17, 15) is 49.3 Å². The van der Waals surface area contributed by atoms with Crippen LogP contribution >= 0.6 is 0 Å². The molecule has 3 aromatic carbocycles. The van der Waals surface area contributed by atoms with E-state index in [1.165, 1.54) is 12.1 Å². The summed E-state index contributed by atoms with van der Waals surface area (Å²) in [6, 6.07) is 8.48. The molecule has 0 bridgehead atoms. The van der Waals surface area contributed by atoms with Crippen molar-refractivity contribution in [2.24, 2.45) is 10.2 Å². The highest BCUT2D eigenvalue weighted by Crippen LogP contribution is 2.25. The van der Waals surface area contributed by atoms with Gasteiger partial charge in [0, 0.05) is 0 Å². The first-order valence-corrected chi connectivity index (χ1v) is 15.6. The monoisotopic (exact) mass is 644 g/mol. The van der Waals surface area contributed by atoms with E-state index in [2.05, 4.69) is 25.2 Å². The summed E-state index contributed by atoms with van der Waals surface area (Å²) in [5, 5.41) is 15.6. The summed E-state index contributed by atoms with van der Waals surface area (Å²) in [4.78, 5) is 34.9. The smallest absolute Gasteiger partial charge is 0.397 e. The van der Waals surface area contributed by atoms with Gasteiger partial charge < -0.3 is 5.11 Å². The van der Waals surface area contributed by atoms with E-state index >= 15 is 0 Å². The molecule has 3 rings (SSSR count). The van der Waals surface area contributed by atoms with Crippen molar-refractivity contribution < 1.29 is 48.4 Å². The van der Waals surface area contributed by atoms with Crippen LogP contribution in [0, 0.1) is 6.92 Å². The number of aryl methyl sites for hydroxylation is 1.